The van der Waals surface area contributed by atoms with E-state index in [0.717, 1.165) is 24.3 Å². The van der Waals surface area contributed by atoms with E-state index in [4.69, 9.17) is 4.74 Å². The van der Waals surface area contributed by atoms with Crippen LogP contribution < -0.4 is 10.1 Å². The summed E-state index contributed by atoms with van der Waals surface area (Å²) in [6.07, 6.45) is 16.6. The van der Waals surface area contributed by atoms with Crippen molar-refractivity contribution in [3.8, 4) is 5.75 Å². The average molecular weight is 362 g/mol. The summed E-state index contributed by atoms with van der Waals surface area (Å²) < 4.78 is 5.13. The van der Waals surface area contributed by atoms with Crippen LogP contribution >= 0.6 is 0 Å². The molecule has 1 rings (SSSR count). The maximum absolute atomic E-state index is 11.9. The Morgan fingerprint density at radius 3 is 1.81 bits per heavy atom. The van der Waals surface area contributed by atoms with Crippen molar-refractivity contribution in [1.29, 1.82) is 0 Å². The van der Waals surface area contributed by atoms with Crippen molar-refractivity contribution in [3.63, 3.8) is 0 Å². The predicted molar refractivity (Wildman–Crippen MR) is 111 cm³/mol. The summed E-state index contributed by atoms with van der Waals surface area (Å²) in [6, 6.07) is 7.69. The summed E-state index contributed by atoms with van der Waals surface area (Å²) >= 11 is 0. The van der Waals surface area contributed by atoms with Crippen LogP contribution in [0.1, 0.15) is 89.5 Å². The molecule has 0 heterocycles. The van der Waals surface area contributed by atoms with Crippen LogP contribution in [0.5, 0.6) is 5.75 Å². The normalized spacial score (nSPS) is 10.7. The van der Waals surface area contributed by atoms with E-state index in [0.29, 0.717) is 6.42 Å². The summed E-state index contributed by atoms with van der Waals surface area (Å²) in [5.74, 6) is 0.934. The van der Waals surface area contributed by atoms with E-state index in [1.54, 1.807) is 7.11 Å². The van der Waals surface area contributed by atoms with Gasteiger partial charge in [-0.1, -0.05) is 89.7 Å². The minimum absolute atomic E-state index is 0.109. The molecule has 0 aliphatic carbocycles. The van der Waals surface area contributed by atoms with Crippen molar-refractivity contribution in [1.82, 2.24) is 5.32 Å². The molecule has 3 nitrogen and oxygen atoms in total. The molecule has 3 heteroatoms. The van der Waals surface area contributed by atoms with E-state index in [2.05, 4.69) is 12.2 Å². The van der Waals surface area contributed by atoms with Crippen LogP contribution in [0.25, 0.3) is 0 Å². The van der Waals surface area contributed by atoms with Gasteiger partial charge in [0.2, 0.25) is 5.91 Å². The van der Waals surface area contributed by atoms with E-state index < -0.39 is 0 Å². The first-order valence-electron chi connectivity index (χ1n) is 10.7. The maximum Gasteiger partial charge on any atom is 0.224 e. The van der Waals surface area contributed by atoms with Gasteiger partial charge in [-0.3, -0.25) is 4.79 Å². The SMILES string of the molecule is CCCCCCCCCCCCCCNC(=O)Cc1ccc(OC)cc1. The molecular formula is C23H39NO2. The zero-order valence-corrected chi connectivity index (χ0v) is 17.0. The molecule has 0 bridgehead atoms. The van der Waals surface area contributed by atoms with Gasteiger partial charge < -0.3 is 10.1 Å². The fourth-order valence-electron chi connectivity index (χ4n) is 3.19. The number of hydrogen-bond donors (Lipinski definition) is 1. The highest BCUT2D eigenvalue weighted by Gasteiger charge is 2.03. The standard InChI is InChI=1S/C23H39NO2/c1-3-4-5-6-7-8-9-10-11-12-13-14-19-24-23(25)20-21-15-17-22(26-2)18-16-21/h15-18H,3-14,19-20H2,1-2H3,(H,24,25). The Labute approximate surface area is 160 Å². The summed E-state index contributed by atoms with van der Waals surface area (Å²) in [5.41, 5.74) is 1.03. The molecule has 0 aliphatic rings. The number of benzene rings is 1. The smallest absolute Gasteiger partial charge is 0.224 e. The second-order valence-electron chi connectivity index (χ2n) is 7.26. The molecule has 0 saturated heterocycles. The highest BCUT2D eigenvalue weighted by atomic mass is 16.5. The van der Waals surface area contributed by atoms with E-state index in [1.807, 2.05) is 24.3 Å². The molecular weight excluding hydrogens is 322 g/mol. The molecule has 26 heavy (non-hydrogen) atoms. The molecule has 0 saturated carbocycles. The largest absolute Gasteiger partial charge is 0.497 e. The number of carbonyl (C=O) groups is 1. The minimum Gasteiger partial charge on any atom is -0.497 e. The summed E-state index contributed by atoms with van der Waals surface area (Å²) in [7, 11) is 1.65. The quantitative estimate of drug-likeness (QED) is 0.364. The predicted octanol–water partition coefficient (Wildman–Crippen LogP) is 6.06. The van der Waals surface area contributed by atoms with Gasteiger partial charge in [-0.15, -0.1) is 0 Å². The lowest BCUT2D eigenvalue weighted by Crippen LogP contribution is -2.26. The molecule has 0 radical (unpaired) electrons. The molecule has 0 atom stereocenters. The Balaban J connectivity index is 1.88. The fraction of sp³-hybridized carbons (Fsp3) is 0.696. The third kappa shape index (κ3) is 11.9. The van der Waals surface area contributed by atoms with Crippen LogP contribution in [-0.2, 0) is 11.2 Å². The van der Waals surface area contributed by atoms with Crippen molar-refractivity contribution >= 4 is 5.91 Å². The van der Waals surface area contributed by atoms with Gasteiger partial charge in [0.15, 0.2) is 0 Å². The molecule has 0 aliphatic heterocycles. The van der Waals surface area contributed by atoms with Crippen molar-refractivity contribution in [2.45, 2.75) is 90.4 Å². The first-order chi connectivity index (χ1) is 12.8. The molecule has 148 valence electrons. The zero-order valence-electron chi connectivity index (χ0n) is 17.0. The van der Waals surface area contributed by atoms with E-state index in [9.17, 15) is 4.79 Å². The second-order valence-corrected chi connectivity index (χ2v) is 7.26. The summed E-state index contributed by atoms with van der Waals surface area (Å²) in [4.78, 5) is 11.9. The Bertz CT molecular complexity index is 456. The van der Waals surface area contributed by atoms with E-state index in [-0.39, 0.29) is 5.91 Å². The lowest BCUT2D eigenvalue weighted by atomic mass is 10.1. The Hall–Kier alpha value is -1.51. The highest BCUT2D eigenvalue weighted by molar-refractivity contribution is 5.78. The van der Waals surface area contributed by atoms with Gasteiger partial charge in [0.1, 0.15) is 5.75 Å². The molecule has 0 spiro atoms. The highest BCUT2D eigenvalue weighted by Crippen LogP contribution is 2.12. The fourth-order valence-corrected chi connectivity index (χ4v) is 3.19. The number of nitrogens with one attached hydrogen (secondary N) is 1. The summed E-state index contributed by atoms with van der Waals surface area (Å²) in [5, 5.41) is 3.03. The maximum atomic E-state index is 11.9. The van der Waals surface area contributed by atoms with Crippen LogP contribution in [0.15, 0.2) is 24.3 Å². The molecule has 0 unspecified atom stereocenters. The van der Waals surface area contributed by atoms with Crippen LogP contribution in [0, 0.1) is 0 Å². The van der Waals surface area contributed by atoms with Crippen LogP contribution in [-0.4, -0.2) is 19.6 Å². The molecule has 1 amide bonds. The first kappa shape index (κ1) is 22.5. The second kappa shape index (κ2) is 15.7. The van der Waals surface area contributed by atoms with Gasteiger partial charge in [0.05, 0.1) is 13.5 Å². The third-order valence-corrected chi connectivity index (χ3v) is 4.88. The van der Waals surface area contributed by atoms with Crippen LogP contribution in [0.2, 0.25) is 0 Å². The molecule has 1 aromatic carbocycles. The number of carbonyl (C=O) groups excluding carboxylic acids is 1. The number of amides is 1. The minimum atomic E-state index is 0.109. The Morgan fingerprint density at radius 1 is 0.808 bits per heavy atom. The van der Waals surface area contributed by atoms with Crippen molar-refractivity contribution in [3.05, 3.63) is 29.8 Å². The average Bonchev–Trinajstić information content (AvgIpc) is 2.66. The third-order valence-electron chi connectivity index (χ3n) is 4.88. The Morgan fingerprint density at radius 2 is 1.31 bits per heavy atom. The molecule has 0 aromatic heterocycles. The van der Waals surface area contributed by atoms with Gasteiger partial charge in [0.25, 0.3) is 0 Å². The lowest BCUT2D eigenvalue weighted by Gasteiger charge is -2.06. The zero-order chi connectivity index (χ0) is 18.9. The van der Waals surface area contributed by atoms with Gasteiger partial charge in [-0.2, -0.15) is 0 Å². The van der Waals surface area contributed by atoms with Crippen LogP contribution in [0.4, 0.5) is 0 Å². The topological polar surface area (TPSA) is 38.3 Å². The van der Waals surface area contributed by atoms with E-state index >= 15 is 0 Å². The van der Waals surface area contributed by atoms with Gasteiger partial charge >= 0.3 is 0 Å². The monoisotopic (exact) mass is 361 g/mol. The lowest BCUT2D eigenvalue weighted by molar-refractivity contribution is -0.120. The van der Waals surface area contributed by atoms with E-state index in [1.165, 1.54) is 70.6 Å². The summed E-state index contributed by atoms with van der Waals surface area (Å²) in [6.45, 7) is 3.07. The Kier molecular flexibility index (Phi) is 13.6. The number of ether oxygens (including phenoxy) is 1. The molecule has 1 aromatic rings. The number of unbranched alkanes of at least 4 members (excludes halogenated alkanes) is 11. The molecule has 0 fully saturated rings. The number of methoxy groups -OCH3 is 1. The van der Waals surface area contributed by atoms with Crippen molar-refractivity contribution in [2.75, 3.05) is 13.7 Å². The molecule has 1 N–H and O–H groups in total. The van der Waals surface area contributed by atoms with Crippen molar-refractivity contribution < 1.29 is 9.53 Å². The number of rotatable bonds is 16. The number of hydrogen-bond acceptors (Lipinski definition) is 2. The van der Waals surface area contributed by atoms with Crippen LogP contribution in [0.3, 0.4) is 0 Å². The van der Waals surface area contributed by atoms with Gasteiger partial charge in [-0.25, -0.2) is 0 Å². The van der Waals surface area contributed by atoms with Gasteiger partial charge in [-0.05, 0) is 24.1 Å². The first-order valence-corrected chi connectivity index (χ1v) is 10.7. The van der Waals surface area contributed by atoms with Crippen molar-refractivity contribution in [2.24, 2.45) is 0 Å². The van der Waals surface area contributed by atoms with Gasteiger partial charge in [0, 0.05) is 6.54 Å².